The van der Waals surface area contributed by atoms with Gasteiger partial charge in [-0.1, -0.05) is 30.3 Å². The number of benzene rings is 1. The van der Waals surface area contributed by atoms with Crippen LogP contribution in [0.25, 0.3) is 0 Å². The van der Waals surface area contributed by atoms with Crippen molar-refractivity contribution >= 4 is 18.5 Å². The minimum atomic E-state index is -0.249. The molecule has 0 aliphatic carbocycles. The summed E-state index contributed by atoms with van der Waals surface area (Å²) >= 11 is 4.19. The van der Waals surface area contributed by atoms with Crippen LogP contribution in [0.3, 0.4) is 0 Å². The largest absolute Gasteiger partial charge is 0.332 e. The maximum atomic E-state index is 11.3. The SMILES string of the molecule is O=C1CC(c2ccccc2)NC(S)N1. The summed E-state index contributed by atoms with van der Waals surface area (Å²) in [4.78, 5) is 11.3. The second-order valence-corrected chi connectivity index (χ2v) is 3.82. The lowest BCUT2D eigenvalue weighted by Crippen LogP contribution is -2.49. The zero-order chi connectivity index (χ0) is 9.97. The van der Waals surface area contributed by atoms with Crippen molar-refractivity contribution in [3.05, 3.63) is 35.9 Å². The monoisotopic (exact) mass is 208 g/mol. The van der Waals surface area contributed by atoms with Gasteiger partial charge >= 0.3 is 0 Å². The van der Waals surface area contributed by atoms with Crippen molar-refractivity contribution in [2.45, 2.75) is 18.0 Å². The zero-order valence-electron chi connectivity index (χ0n) is 7.60. The first kappa shape index (κ1) is 9.55. The number of hydrogen-bond donors (Lipinski definition) is 3. The molecule has 2 atom stereocenters. The Bertz CT molecular complexity index is 328. The van der Waals surface area contributed by atoms with E-state index in [-0.39, 0.29) is 17.4 Å². The molecular weight excluding hydrogens is 196 g/mol. The molecule has 0 saturated carbocycles. The van der Waals surface area contributed by atoms with E-state index in [1.54, 1.807) is 0 Å². The fourth-order valence-electron chi connectivity index (χ4n) is 1.59. The van der Waals surface area contributed by atoms with Crippen molar-refractivity contribution in [3.8, 4) is 0 Å². The number of nitrogens with one attached hydrogen (secondary N) is 2. The summed E-state index contributed by atoms with van der Waals surface area (Å²) in [5, 5.41) is 5.89. The summed E-state index contributed by atoms with van der Waals surface area (Å²) in [7, 11) is 0. The molecule has 0 radical (unpaired) electrons. The molecule has 1 amide bonds. The molecule has 0 bridgehead atoms. The summed E-state index contributed by atoms with van der Waals surface area (Å²) in [6.07, 6.45) is 0.473. The van der Waals surface area contributed by atoms with Crippen molar-refractivity contribution in [2.75, 3.05) is 0 Å². The lowest BCUT2D eigenvalue weighted by molar-refractivity contribution is -0.123. The Balaban J connectivity index is 2.15. The van der Waals surface area contributed by atoms with E-state index in [0.717, 1.165) is 5.56 Å². The smallest absolute Gasteiger partial charge is 0.223 e. The highest BCUT2D eigenvalue weighted by Crippen LogP contribution is 2.20. The van der Waals surface area contributed by atoms with E-state index in [0.29, 0.717) is 6.42 Å². The molecule has 1 heterocycles. The van der Waals surface area contributed by atoms with Gasteiger partial charge in [-0.3, -0.25) is 10.1 Å². The van der Waals surface area contributed by atoms with Crippen molar-refractivity contribution in [1.29, 1.82) is 0 Å². The third kappa shape index (κ3) is 2.08. The Hall–Kier alpha value is -1.00. The summed E-state index contributed by atoms with van der Waals surface area (Å²) in [6, 6.07) is 10.00. The predicted octanol–water partition coefficient (Wildman–Crippen LogP) is 1.05. The maximum Gasteiger partial charge on any atom is 0.223 e. The lowest BCUT2D eigenvalue weighted by atomic mass is 10.0. The van der Waals surface area contributed by atoms with Crippen LogP contribution in [0.15, 0.2) is 30.3 Å². The van der Waals surface area contributed by atoms with Gasteiger partial charge < -0.3 is 5.32 Å². The zero-order valence-corrected chi connectivity index (χ0v) is 8.50. The molecule has 1 aliphatic rings. The summed E-state index contributed by atoms with van der Waals surface area (Å²) in [5.74, 6) is 0.0394. The topological polar surface area (TPSA) is 41.1 Å². The Morgan fingerprint density at radius 2 is 2.00 bits per heavy atom. The summed E-state index contributed by atoms with van der Waals surface area (Å²) < 4.78 is 0. The van der Waals surface area contributed by atoms with Gasteiger partial charge in [0.1, 0.15) is 5.50 Å². The van der Waals surface area contributed by atoms with E-state index in [1.165, 1.54) is 0 Å². The molecule has 1 aromatic carbocycles. The normalized spacial score (nSPS) is 27.1. The first-order valence-electron chi connectivity index (χ1n) is 4.54. The van der Waals surface area contributed by atoms with Crippen molar-refractivity contribution in [2.24, 2.45) is 0 Å². The van der Waals surface area contributed by atoms with Crippen LogP contribution in [-0.4, -0.2) is 11.4 Å². The maximum absolute atomic E-state index is 11.3. The molecule has 74 valence electrons. The van der Waals surface area contributed by atoms with Crippen LogP contribution in [0.4, 0.5) is 0 Å². The molecule has 3 nitrogen and oxygen atoms in total. The third-order valence-electron chi connectivity index (χ3n) is 2.25. The second-order valence-electron chi connectivity index (χ2n) is 3.30. The summed E-state index contributed by atoms with van der Waals surface area (Å²) in [6.45, 7) is 0. The van der Waals surface area contributed by atoms with Gasteiger partial charge in [-0.2, -0.15) is 0 Å². The van der Waals surface area contributed by atoms with E-state index in [1.807, 2.05) is 30.3 Å². The molecule has 0 aromatic heterocycles. The summed E-state index contributed by atoms with van der Waals surface area (Å²) in [5.41, 5.74) is 0.878. The highest BCUT2D eigenvalue weighted by molar-refractivity contribution is 7.80. The number of carbonyl (C=O) groups is 1. The molecule has 1 fully saturated rings. The number of amides is 1. The van der Waals surface area contributed by atoms with Crippen molar-refractivity contribution in [1.82, 2.24) is 10.6 Å². The van der Waals surface area contributed by atoms with Crippen LogP contribution >= 0.6 is 12.6 Å². The van der Waals surface area contributed by atoms with Crippen LogP contribution in [-0.2, 0) is 4.79 Å². The fourth-order valence-corrected chi connectivity index (χ4v) is 1.91. The Labute approximate surface area is 88.3 Å². The van der Waals surface area contributed by atoms with Crippen LogP contribution in [0.5, 0.6) is 0 Å². The highest BCUT2D eigenvalue weighted by Gasteiger charge is 2.24. The lowest BCUT2D eigenvalue weighted by Gasteiger charge is -2.28. The molecule has 4 heteroatoms. The molecule has 1 aromatic rings. The van der Waals surface area contributed by atoms with Gasteiger partial charge in [-0.25, -0.2) is 0 Å². The minimum Gasteiger partial charge on any atom is -0.332 e. The number of carbonyl (C=O) groups excluding carboxylic acids is 1. The van der Waals surface area contributed by atoms with Gasteiger partial charge in [-0.15, -0.1) is 12.6 Å². The molecule has 14 heavy (non-hydrogen) atoms. The van der Waals surface area contributed by atoms with Crippen LogP contribution < -0.4 is 10.6 Å². The molecule has 2 unspecified atom stereocenters. The molecule has 2 rings (SSSR count). The average Bonchev–Trinajstić information content (AvgIpc) is 2.18. The van der Waals surface area contributed by atoms with Gasteiger partial charge in [0.25, 0.3) is 0 Å². The van der Waals surface area contributed by atoms with E-state index in [9.17, 15) is 4.79 Å². The average molecular weight is 208 g/mol. The Kier molecular flexibility index (Phi) is 2.74. The number of hydrogen-bond acceptors (Lipinski definition) is 3. The van der Waals surface area contributed by atoms with E-state index in [2.05, 4.69) is 23.3 Å². The number of thiol groups is 1. The van der Waals surface area contributed by atoms with Gasteiger partial charge in [0.05, 0.1) is 0 Å². The van der Waals surface area contributed by atoms with Crippen LogP contribution in [0, 0.1) is 0 Å². The highest BCUT2D eigenvalue weighted by atomic mass is 32.1. The van der Waals surface area contributed by atoms with E-state index < -0.39 is 0 Å². The predicted molar refractivity (Wildman–Crippen MR) is 57.9 cm³/mol. The standard InChI is InChI=1S/C10H12N2OS/c13-9-6-8(11-10(14)12-9)7-4-2-1-3-5-7/h1-5,8,10-11,14H,6H2,(H,12,13). The second kappa shape index (κ2) is 4.02. The first-order chi connectivity index (χ1) is 6.75. The molecule has 1 saturated heterocycles. The Morgan fingerprint density at radius 1 is 1.29 bits per heavy atom. The third-order valence-corrected chi connectivity index (χ3v) is 2.53. The molecule has 1 aliphatic heterocycles. The molecule has 2 N–H and O–H groups in total. The van der Waals surface area contributed by atoms with Crippen LogP contribution in [0.1, 0.15) is 18.0 Å². The molecule has 0 spiro atoms. The van der Waals surface area contributed by atoms with E-state index >= 15 is 0 Å². The fraction of sp³-hybridized carbons (Fsp3) is 0.300. The number of rotatable bonds is 1. The minimum absolute atomic E-state index is 0.0394. The molecular formula is C10H12N2OS. The van der Waals surface area contributed by atoms with Gasteiger partial charge in [0.15, 0.2) is 0 Å². The first-order valence-corrected chi connectivity index (χ1v) is 5.06. The van der Waals surface area contributed by atoms with Gasteiger partial charge in [0, 0.05) is 12.5 Å². The van der Waals surface area contributed by atoms with Crippen molar-refractivity contribution < 1.29 is 4.79 Å². The Morgan fingerprint density at radius 3 is 2.64 bits per heavy atom. The quantitative estimate of drug-likeness (QED) is 0.604. The van der Waals surface area contributed by atoms with Gasteiger partial charge in [-0.05, 0) is 5.56 Å². The van der Waals surface area contributed by atoms with Gasteiger partial charge in [0.2, 0.25) is 5.91 Å². The van der Waals surface area contributed by atoms with E-state index in [4.69, 9.17) is 0 Å². The van der Waals surface area contributed by atoms with Crippen LogP contribution in [0.2, 0.25) is 0 Å². The van der Waals surface area contributed by atoms with Crippen molar-refractivity contribution in [3.63, 3.8) is 0 Å².